The second-order valence-electron chi connectivity index (χ2n) is 2.56. The molecule has 0 saturated carbocycles. The van der Waals surface area contributed by atoms with Crippen LogP contribution in [0.5, 0.6) is 0 Å². The zero-order chi connectivity index (χ0) is 10.6. The molecule has 72 valence electrons. The molecule has 0 aliphatic heterocycles. The average Bonchev–Trinajstić information content (AvgIpc) is 2.14. The van der Waals surface area contributed by atoms with Crippen molar-refractivity contribution in [3.63, 3.8) is 0 Å². The Labute approximate surface area is 79.7 Å². The molecule has 14 heavy (non-hydrogen) atoms. The second-order valence-corrected chi connectivity index (χ2v) is 2.56. The molecule has 0 aromatic heterocycles. The number of nitrogens with zero attached hydrogens (tertiary/aromatic N) is 1. The highest BCUT2D eigenvalue weighted by atomic mass is 19.1. The van der Waals surface area contributed by atoms with Crippen molar-refractivity contribution in [2.45, 2.75) is 0 Å². The molecule has 1 aromatic rings. The fourth-order valence-corrected chi connectivity index (χ4v) is 0.985. The lowest BCUT2D eigenvalue weighted by atomic mass is 10.1. The molecule has 1 aromatic carbocycles. The Hall–Kier alpha value is -1.73. The van der Waals surface area contributed by atoms with E-state index in [1.54, 1.807) is 0 Å². The molecule has 1 N–H and O–H groups in total. The van der Waals surface area contributed by atoms with E-state index in [2.05, 4.69) is 0 Å². The standard InChI is InChI=1S/C10H7F2NO/c11-9-4-7(2-1-3-14)5-10(12)8(9)6-13/h1-2,4-5,14H,3H2. The lowest BCUT2D eigenvalue weighted by molar-refractivity contribution is 0.343. The summed E-state index contributed by atoms with van der Waals surface area (Å²) in [5.41, 5.74) is -0.320. The van der Waals surface area contributed by atoms with Crippen molar-refractivity contribution in [2.75, 3.05) is 6.61 Å². The Bertz CT molecular complexity index is 384. The van der Waals surface area contributed by atoms with Crippen molar-refractivity contribution in [2.24, 2.45) is 0 Å². The zero-order valence-electron chi connectivity index (χ0n) is 7.17. The maximum Gasteiger partial charge on any atom is 0.144 e. The second kappa shape index (κ2) is 4.49. The van der Waals surface area contributed by atoms with Gasteiger partial charge in [0.25, 0.3) is 0 Å². The molecule has 0 heterocycles. The van der Waals surface area contributed by atoms with Gasteiger partial charge in [0.1, 0.15) is 23.3 Å². The van der Waals surface area contributed by atoms with E-state index in [0.29, 0.717) is 0 Å². The first kappa shape index (κ1) is 10.4. The Balaban J connectivity index is 3.16. The molecule has 0 fully saturated rings. The molecule has 2 nitrogen and oxygen atoms in total. The molecule has 0 radical (unpaired) electrons. The van der Waals surface area contributed by atoms with Gasteiger partial charge in [0, 0.05) is 0 Å². The summed E-state index contributed by atoms with van der Waals surface area (Å²) in [5.74, 6) is -1.80. The van der Waals surface area contributed by atoms with Gasteiger partial charge in [-0.15, -0.1) is 0 Å². The van der Waals surface area contributed by atoms with Crippen molar-refractivity contribution >= 4 is 6.08 Å². The number of rotatable bonds is 2. The van der Waals surface area contributed by atoms with Crippen LogP contribution in [0.1, 0.15) is 11.1 Å². The summed E-state index contributed by atoms with van der Waals surface area (Å²) in [6.07, 6.45) is 2.72. The fraction of sp³-hybridized carbons (Fsp3) is 0.100. The Morgan fingerprint density at radius 3 is 2.36 bits per heavy atom. The first-order valence-corrected chi connectivity index (χ1v) is 3.85. The number of hydrogen-bond donors (Lipinski definition) is 1. The third-order valence-corrected chi connectivity index (χ3v) is 1.59. The highest BCUT2D eigenvalue weighted by Crippen LogP contribution is 2.15. The van der Waals surface area contributed by atoms with Crippen LogP contribution in [0, 0.1) is 23.0 Å². The van der Waals surface area contributed by atoms with Gasteiger partial charge in [-0.2, -0.15) is 5.26 Å². The highest BCUT2D eigenvalue weighted by Gasteiger charge is 2.08. The molecule has 1 rings (SSSR count). The number of hydrogen-bond acceptors (Lipinski definition) is 2. The number of nitriles is 1. The van der Waals surface area contributed by atoms with E-state index >= 15 is 0 Å². The third kappa shape index (κ3) is 2.15. The van der Waals surface area contributed by atoms with Crippen molar-refractivity contribution in [3.8, 4) is 6.07 Å². The minimum atomic E-state index is -0.898. The van der Waals surface area contributed by atoms with Gasteiger partial charge in [-0.05, 0) is 17.7 Å². The molecule has 0 saturated heterocycles. The van der Waals surface area contributed by atoms with Crippen molar-refractivity contribution < 1.29 is 13.9 Å². The first-order valence-electron chi connectivity index (χ1n) is 3.85. The van der Waals surface area contributed by atoms with Crippen LogP contribution in [0.4, 0.5) is 8.78 Å². The van der Waals surface area contributed by atoms with E-state index in [1.807, 2.05) is 0 Å². The van der Waals surface area contributed by atoms with Crippen molar-refractivity contribution in [1.82, 2.24) is 0 Å². The molecule has 0 atom stereocenters. The van der Waals surface area contributed by atoms with Crippen LogP contribution < -0.4 is 0 Å². The van der Waals surface area contributed by atoms with E-state index in [0.717, 1.165) is 12.1 Å². The van der Waals surface area contributed by atoms with Crippen LogP contribution in [0.2, 0.25) is 0 Å². The maximum atomic E-state index is 13.0. The molecule has 0 spiro atoms. The summed E-state index contributed by atoms with van der Waals surface area (Å²) in [4.78, 5) is 0. The molecular formula is C10H7F2NO. The smallest absolute Gasteiger partial charge is 0.144 e. The first-order chi connectivity index (χ1) is 6.69. The summed E-state index contributed by atoms with van der Waals surface area (Å²) >= 11 is 0. The van der Waals surface area contributed by atoms with Gasteiger partial charge in [-0.25, -0.2) is 8.78 Å². The van der Waals surface area contributed by atoms with E-state index in [-0.39, 0.29) is 12.2 Å². The van der Waals surface area contributed by atoms with Crippen molar-refractivity contribution in [1.29, 1.82) is 5.26 Å². The van der Waals surface area contributed by atoms with Crippen molar-refractivity contribution in [3.05, 3.63) is 41.0 Å². The van der Waals surface area contributed by atoms with Crippen LogP contribution >= 0.6 is 0 Å². The van der Waals surface area contributed by atoms with E-state index in [9.17, 15) is 8.78 Å². The largest absolute Gasteiger partial charge is 0.392 e. The van der Waals surface area contributed by atoms with Crippen LogP contribution in [0.25, 0.3) is 6.08 Å². The monoisotopic (exact) mass is 195 g/mol. The molecular weight excluding hydrogens is 188 g/mol. The Morgan fingerprint density at radius 1 is 1.36 bits per heavy atom. The Kier molecular flexibility index (Phi) is 3.32. The van der Waals surface area contributed by atoms with Gasteiger partial charge in [0.15, 0.2) is 0 Å². The maximum absolute atomic E-state index is 13.0. The molecule has 0 aliphatic carbocycles. The highest BCUT2D eigenvalue weighted by molar-refractivity contribution is 5.52. The SMILES string of the molecule is N#Cc1c(F)cc(C=CCO)cc1F. The predicted molar refractivity (Wildman–Crippen MR) is 47.2 cm³/mol. The number of aliphatic hydroxyl groups excluding tert-OH is 1. The zero-order valence-corrected chi connectivity index (χ0v) is 7.17. The minimum Gasteiger partial charge on any atom is -0.392 e. The molecule has 0 aliphatic rings. The quantitative estimate of drug-likeness (QED) is 0.782. The van der Waals surface area contributed by atoms with Crippen LogP contribution in [0.3, 0.4) is 0 Å². The molecule has 4 heteroatoms. The number of halogens is 2. The molecule has 0 unspecified atom stereocenters. The molecule has 0 amide bonds. The Morgan fingerprint density at radius 2 is 1.93 bits per heavy atom. The van der Waals surface area contributed by atoms with Gasteiger partial charge >= 0.3 is 0 Å². The van der Waals surface area contributed by atoms with Gasteiger partial charge in [0.05, 0.1) is 6.61 Å². The summed E-state index contributed by atoms with van der Waals surface area (Å²) < 4.78 is 26.0. The normalized spacial score (nSPS) is 10.4. The lowest BCUT2D eigenvalue weighted by Crippen LogP contribution is -1.91. The fourth-order valence-electron chi connectivity index (χ4n) is 0.985. The van der Waals surface area contributed by atoms with Gasteiger partial charge in [-0.1, -0.05) is 12.2 Å². The van der Waals surface area contributed by atoms with Crippen LogP contribution in [-0.2, 0) is 0 Å². The summed E-state index contributed by atoms with van der Waals surface area (Å²) in [6.45, 7) is -0.205. The average molecular weight is 195 g/mol. The van der Waals surface area contributed by atoms with E-state index < -0.39 is 17.2 Å². The van der Waals surface area contributed by atoms with E-state index in [4.69, 9.17) is 10.4 Å². The minimum absolute atomic E-state index is 0.205. The van der Waals surface area contributed by atoms with Crippen LogP contribution in [-0.4, -0.2) is 11.7 Å². The van der Waals surface area contributed by atoms with Gasteiger partial charge < -0.3 is 5.11 Å². The molecule has 0 bridgehead atoms. The van der Waals surface area contributed by atoms with Gasteiger partial charge in [-0.3, -0.25) is 0 Å². The topological polar surface area (TPSA) is 44.0 Å². The summed E-state index contributed by atoms with van der Waals surface area (Å²) in [7, 11) is 0. The van der Waals surface area contributed by atoms with E-state index in [1.165, 1.54) is 18.2 Å². The summed E-state index contributed by atoms with van der Waals surface area (Å²) in [5, 5.41) is 16.8. The van der Waals surface area contributed by atoms with Gasteiger partial charge in [0.2, 0.25) is 0 Å². The number of benzene rings is 1. The lowest BCUT2D eigenvalue weighted by Gasteiger charge is -1.98. The third-order valence-electron chi connectivity index (χ3n) is 1.59. The summed E-state index contributed by atoms with van der Waals surface area (Å²) in [6, 6.07) is 3.49. The number of aliphatic hydroxyl groups is 1. The predicted octanol–water partition coefficient (Wildman–Crippen LogP) is 1.84. The van der Waals surface area contributed by atoms with Crippen LogP contribution in [0.15, 0.2) is 18.2 Å².